The van der Waals surface area contributed by atoms with Gasteiger partial charge in [0.2, 0.25) is 0 Å². The van der Waals surface area contributed by atoms with Crippen molar-refractivity contribution >= 4 is 46.4 Å². The van der Waals surface area contributed by atoms with Gasteiger partial charge in [0, 0.05) is 23.7 Å². The maximum atomic E-state index is 13.9. The van der Waals surface area contributed by atoms with E-state index in [0.717, 1.165) is 6.07 Å². The number of hydrogen-bond acceptors (Lipinski definition) is 8. The Bertz CT molecular complexity index is 1650. The van der Waals surface area contributed by atoms with Gasteiger partial charge in [-0.3, -0.25) is 5.41 Å². The van der Waals surface area contributed by atoms with E-state index >= 15 is 0 Å². The van der Waals surface area contributed by atoms with Crippen LogP contribution in [-0.2, 0) is 22.6 Å². The van der Waals surface area contributed by atoms with Crippen molar-refractivity contribution in [1.29, 1.82) is 5.41 Å². The third kappa shape index (κ3) is 7.26. The molecule has 0 unspecified atom stereocenters. The lowest BCUT2D eigenvalue weighted by atomic mass is 10.0. The molecule has 0 saturated carbocycles. The van der Waals surface area contributed by atoms with Crippen molar-refractivity contribution in [3.63, 3.8) is 0 Å². The van der Waals surface area contributed by atoms with Crippen molar-refractivity contribution in [1.82, 2.24) is 20.4 Å². The molecule has 2 heterocycles. The number of anilines is 1. The van der Waals surface area contributed by atoms with E-state index in [1.807, 2.05) is 0 Å². The van der Waals surface area contributed by atoms with Gasteiger partial charge in [-0.15, -0.1) is 24.8 Å². The van der Waals surface area contributed by atoms with Crippen LogP contribution >= 0.6 is 24.8 Å². The number of nitrogens with zero attached hydrogens (tertiary/aromatic N) is 3. The van der Waals surface area contributed by atoms with Crippen LogP contribution in [0.1, 0.15) is 25.0 Å². The average molecular weight is 632 g/mol. The number of hydrogen-bond donors (Lipinski definition) is 4. The number of nitrogens with one attached hydrogen (secondary N) is 2. The molecule has 4 aromatic rings. The van der Waals surface area contributed by atoms with Gasteiger partial charge < -0.3 is 21.3 Å². The largest absolute Gasteiger partial charge is 0.417 e. The summed E-state index contributed by atoms with van der Waals surface area (Å²) in [6.07, 6.45) is -3.31. The van der Waals surface area contributed by atoms with Crippen molar-refractivity contribution in [3.8, 4) is 34.0 Å². The molecule has 2 aromatic heterocycles. The molecule has 220 valence electrons. The Morgan fingerprint density at radius 2 is 1.73 bits per heavy atom. The summed E-state index contributed by atoms with van der Waals surface area (Å²) in [4.78, 5) is 8.71. The van der Waals surface area contributed by atoms with Gasteiger partial charge in [0.05, 0.1) is 27.6 Å². The third-order valence-corrected chi connectivity index (χ3v) is 7.96. The van der Waals surface area contributed by atoms with Crippen LogP contribution in [0, 0.1) is 5.41 Å². The van der Waals surface area contributed by atoms with Gasteiger partial charge in [0.25, 0.3) is 0 Å². The van der Waals surface area contributed by atoms with E-state index in [4.69, 9.17) is 21.4 Å². The number of halogens is 5. The van der Waals surface area contributed by atoms with Crippen molar-refractivity contribution in [2.45, 2.75) is 36.7 Å². The minimum Gasteiger partial charge on any atom is -0.382 e. The molecule has 0 radical (unpaired) electrons. The summed E-state index contributed by atoms with van der Waals surface area (Å²) in [5.74, 6) is -0.417. The fourth-order valence-corrected chi connectivity index (χ4v) is 4.74. The van der Waals surface area contributed by atoms with Gasteiger partial charge in [0.15, 0.2) is 33.1 Å². The first-order chi connectivity index (χ1) is 18.3. The third-order valence-electron chi connectivity index (χ3n) is 5.79. The second kappa shape index (κ2) is 12.7. The van der Waals surface area contributed by atoms with E-state index in [9.17, 15) is 21.6 Å². The highest BCUT2D eigenvalue weighted by Gasteiger charge is 2.35. The number of guanidine groups is 1. The molecule has 0 amide bonds. The van der Waals surface area contributed by atoms with E-state index in [2.05, 4.69) is 20.4 Å². The number of sulfone groups is 1. The average Bonchev–Trinajstić information content (AvgIpc) is 3.37. The second-order valence-corrected chi connectivity index (χ2v) is 11.3. The molecule has 0 aliphatic carbocycles. The normalized spacial score (nSPS) is 11.5. The van der Waals surface area contributed by atoms with Crippen LogP contribution in [-0.4, -0.2) is 34.8 Å². The van der Waals surface area contributed by atoms with Gasteiger partial charge in [0.1, 0.15) is 5.69 Å². The molecule has 2 aromatic carbocycles. The molecule has 0 aliphatic rings. The molecule has 0 bridgehead atoms. The Hall–Kier alpha value is -3.88. The predicted octanol–water partition coefficient (Wildman–Crippen LogP) is 5.08. The molecule has 0 fully saturated rings. The van der Waals surface area contributed by atoms with Crippen LogP contribution in [0.2, 0.25) is 0 Å². The number of aromatic nitrogens is 3. The lowest BCUT2D eigenvalue weighted by Gasteiger charge is -2.13. The molecule has 4 rings (SSSR count). The van der Waals surface area contributed by atoms with Crippen molar-refractivity contribution in [2.24, 2.45) is 5.73 Å². The van der Waals surface area contributed by atoms with Gasteiger partial charge >= 0.3 is 6.18 Å². The maximum absolute atomic E-state index is 13.9. The first-order valence-corrected chi connectivity index (χ1v) is 13.0. The molecule has 0 aliphatic heterocycles. The quantitative estimate of drug-likeness (QED) is 0.160. The molecule has 10 nitrogen and oxygen atoms in total. The molecule has 16 heteroatoms. The van der Waals surface area contributed by atoms with E-state index in [1.54, 1.807) is 26.0 Å². The smallest absolute Gasteiger partial charge is 0.382 e. The summed E-state index contributed by atoms with van der Waals surface area (Å²) in [7, 11) is -3.46. The Balaban J connectivity index is 0.00000294. The van der Waals surface area contributed by atoms with Crippen LogP contribution in [0.3, 0.4) is 0 Å². The van der Waals surface area contributed by atoms with Crippen LogP contribution in [0.4, 0.5) is 19.0 Å². The van der Waals surface area contributed by atoms with Gasteiger partial charge in [-0.1, -0.05) is 29.4 Å². The Kier molecular flexibility index (Phi) is 10.4. The monoisotopic (exact) mass is 631 g/mol. The molecule has 41 heavy (non-hydrogen) atoms. The van der Waals surface area contributed by atoms with Gasteiger partial charge in [-0.25, -0.2) is 18.4 Å². The zero-order valence-corrected chi connectivity index (χ0v) is 24.0. The van der Waals surface area contributed by atoms with E-state index < -0.39 is 26.8 Å². The highest BCUT2D eigenvalue weighted by atomic mass is 35.5. The number of rotatable bonds is 7. The Labute approximate surface area is 246 Å². The minimum atomic E-state index is -4.70. The standard InChI is InChI=1S/C25H24F3N7O3S.2ClH/c1-13(2)39(36,37)16-6-4-15(5-7-16)20-12-32-23(29)22(34-20)21-10-19(35-38-21)17-8-3-14(11-33-24(30)31)9-18(17)25(26,27)28;;/h3-10,12-13H,11H2,1-2H3,(H2,29,32)(H4,30,31,33);2*1H. The summed E-state index contributed by atoms with van der Waals surface area (Å²) in [6, 6.07) is 11.0. The summed E-state index contributed by atoms with van der Waals surface area (Å²) < 4.78 is 71.7. The van der Waals surface area contributed by atoms with E-state index in [1.165, 1.54) is 36.5 Å². The fourth-order valence-electron chi connectivity index (χ4n) is 3.68. The Morgan fingerprint density at radius 3 is 2.32 bits per heavy atom. The van der Waals surface area contributed by atoms with Crippen LogP contribution in [0.5, 0.6) is 0 Å². The van der Waals surface area contributed by atoms with Crippen LogP contribution in [0.15, 0.2) is 64.1 Å². The van der Waals surface area contributed by atoms with E-state index in [-0.39, 0.29) is 76.3 Å². The van der Waals surface area contributed by atoms with E-state index in [0.29, 0.717) is 11.3 Å². The first kappa shape index (κ1) is 33.3. The molecule has 0 saturated heterocycles. The molecule has 0 atom stereocenters. The second-order valence-electron chi connectivity index (χ2n) is 8.83. The summed E-state index contributed by atoms with van der Waals surface area (Å²) in [5, 5.41) is 12.9. The number of nitrogens with two attached hydrogens (primary N) is 2. The molecular weight excluding hydrogens is 606 g/mol. The predicted molar refractivity (Wildman–Crippen MR) is 153 cm³/mol. The minimum absolute atomic E-state index is 0. The molecule has 6 N–H and O–H groups in total. The summed E-state index contributed by atoms with van der Waals surface area (Å²) in [5.41, 5.74) is 11.1. The van der Waals surface area contributed by atoms with Crippen LogP contribution < -0.4 is 16.8 Å². The van der Waals surface area contributed by atoms with Crippen molar-refractivity contribution < 1.29 is 26.1 Å². The highest BCUT2D eigenvalue weighted by molar-refractivity contribution is 7.92. The highest BCUT2D eigenvalue weighted by Crippen LogP contribution is 2.39. The topological polar surface area (TPSA) is 174 Å². The first-order valence-electron chi connectivity index (χ1n) is 11.5. The number of benzene rings is 2. The SMILES string of the molecule is CC(C)S(=O)(=O)c1ccc(-c2cnc(N)c(-c3cc(-c4ccc(CNC(=N)N)cc4C(F)(F)F)no3)n2)cc1.Cl.Cl. The zero-order chi connectivity index (χ0) is 28.5. The van der Waals surface area contributed by atoms with Crippen molar-refractivity contribution in [2.75, 3.05) is 5.73 Å². The Morgan fingerprint density at radius 1 is 1.07 bits per heavy atom. The lowest BCUT2D eigenvalue weighted by molar-refractivity contribution is -0.137. The number of alkyl halides is 3. The van der Waals surface area contributed by atoms with Gasteiger partial charge in [-0.2, -0.15) is 13.2 Å². The van der Waals surface area contributed by atoms with Crippen molar-refractivity contribution in [3.05, 3.63) is 65.9 Å². The molecular formula is C25H26Cl2F3N7O3S. The molecule has 0 spiro atoms. The van der Waals surface area contributed by atoms with Crippen LogP contribution in [0.25, 0.3) is 34.0 Å². The fraction of sp³-hybridized carbons (Fsp3) is 0.200. The summed E-state index contributed by atoms with van der Waals surface area (Å²) in [6.45, 7) is 3.11. The maximum Gasteiger partial charge on any atom is 0.417 e. The number of nitrogen functional groups attached to an aromatic ring is 1. The van der Waals surface area contributed by atoms with Gasteiger partial charge in [-0.05, 0) is 37.6 Å². The summed E-state index contributed by atoms with van der Waals surface area (Å²) >= 11 is 0. The lowest BCUT2D eigenvalue weighted by Crippen LogP contribution is -2.29. The zero-order valence-electron chi connectivity index (χ0n) is 21.6.